The molecule has 4 amide bonds. The van der Waals surface area contributed by atoms with Gasteiger partial charge in [-0.05, 0) is 132 Å². The van der Waals surface area contributed by atoms with Crippen LogP contribution in [0.3, 0.4) is 0 Å². The third kappa shape index (κ3) is 8.59. The maximum Gasteiger partial charge on any atom is 0.263 e. The Morgan fingerprint density at radius 3 is 1.79 bits per heavy atom. The molecular formula is C35H56N8O4. The molecule has 2 unspecified atom stereocenters. The highest BCUT2D eigenvalue weighted by molar-refractivity contribution is 6.19. The number of allylic oxidation sites excluding steroid dienone is 1. The van der Waals surface area contributed by atoms with Crippen molar-refractivity contribution in [3.8, 4) is 0 Å². The fourth-order valence-corrected chi connectivity index (χ4v) is 6.81. The van der Waals surface area contributed by atoms with Crippen molar-refractivity contribution in [3.63, 3.8) is 0 Å². The van der Waals surface area contributed by atoms with E-state index < -0.39 is 11.8 Å². The summed E-state index contributed by atoms with van der Waals surface area (Å²) >= 11 is 0. The van der Waals surface area contributed by atoms with Crippen LogP contribution in [0.5, 0.6) is 0 Å². The Kier molecular flexibility index (Phi) is 12.6. The van der Waals surface area contributed by atoms with E-state index in [1.807, 2.05) is 72.3 Å². The largest absolute Gasteiger partial charge is 0.385 e. The Balaban J connectivity index is 1.85. The van der Waals surface area contributed by atoms with Gasteiger partial charge in [-0.1, -0.05) is 0 Å². The van der Waals surface area contributed by atoms with Crippen LogP contribution in [0.4, 0.5) is 0 Å². The molecule has 0 spiro atoms. The minimum atomic E-state index is -0.652. The molecule has 4 rings (SSSR count). The minimum Gasteiger partial charge on any atom is -0.385 e. The van der Waals surface area contributed by atoms with Crippen molar-refractivity contribution in [3.05, 3.63) is 45.8 Å². The standard InChI is InChI=1S/C35H56N8O4/c1-38(2)15-9-13-36-28-22-26-25-21-24-27(33(45)42(34(46)30(24)28)19-11-17-40(5)6)23-29(37-14-10-16-39(3)4)31(25)35(47)43(32(26)44)20-12-18-41(7)8/h22-24,27,36-37H,9-21H2,1-8H3. The van der Waals surface area contributed by atoms with Gasteiger partial charge in [0.25, 0.3) is 17.7 Å². The molecular weight excluding hydrogens is 596 g/mol. The van der Waals surface area contributed by atoms with Gasteiger partial charge >= 0.3 is 0 Å². The first-order chi connectivity index (χ1) is 22.3. The van der Waals surface area contributed by atoms with Crippen molar-refractivity contribution in [2.24, 2.45) is 11.8 Å². The highest BCUT2D eigenvalue weighted by Gasteiger charge is 2.51. The first-order valence-electron chi connectivity index (χ1n) is 17.0. The normalized spacial score (nSPS) is 21.4. The zero-order valence-corrected chi connectivity index (χ0v) is 29.8. The van der Waals surface area contributed by atoms with E-state index in [9.17, 15) is 19.2 Å². The van der Waals surface area contributed by atoms with Crippen molar-refractivity contribution >= 4 is 23.6 Å². The number of likely N-dealkylation sites (tertiary alicyclic amines) is 1. The molecule has 4 aliphatic rings. The number of hydrogen-bond acceptors (Lipinski definition) is 10. The molecule has 0 saturated carbocycles. The summed E-state index contributed by atoms with van der Waals surface area (Å²) < 4.78 is 0. The third-order valence-corrected chi connectivity index (χ3v) is 9.18. The lowest BCUT2D eigenvalue weighted by Crippen LogP contribution is -2.51. The lowest BCUT2D eigenvalue weighted by molar-refractivity contribution is -0.149. The van der Waals surface area contributed by atoms with Crippen LogP contribution in [0.15, 0.2) is 45.8 Å². The van der Waals surface area contributed by atoms with Crippen molar-refractivity contribution in [2.75, 3.05) is 109 Å². The molecule has 12 nitrogen and oxygen atoms in total. The number of hydrogen-bond donors (Lipinski definition) is 2. The van der Waals surface area contributed by atoms with Gasteiger partial charge in [-0.2, -0.15) is 0 Å². The lowest BCUT2D eigenvalue weighted by atomic mass is 9.77. The minimum absolute atomic E-state index is 0.244. The fourth-order valence-electron chi connectivity index (χ4n) is 6.81. The van der Waals surface area contributed by atoms with Crippen molar-refractivity contribution in [2.45, 2.75) is 32.1 Å². The highest BCUT2D eigenvalue weighted by atomic mass is 16.2. The molecule has 260 valence electrons. The Morgan fingerprint density at radius 1 is 0.681 bits per heavy atom. The van der Waals surface area contributed by atoms with Gasteiger partial charge in [-0.3, -0.25) is 29.0 Å². The number of carbonyl (C=O) groups excluding carboxylic acids is 4. The Hall–Kier alpha value is -3.32. The molecule has 0 radical (unpaired) electrons. The summed E-state index contributed by atoms with van der Waals surface area (Å²) in [6.07, 6.45) is 6.90. The van der Waals surface area contributed by atoms with Crippen LogP contribution < -0.4 is 10.6 Å². The number of imide groups is 2. The summed E-state index contributed by atoms with van der Waals surface area (Å²) in [5.41, 5.74) is 3.22. The first-order valence-corrected chi connectivity index (χ1v) is 17.0. The van der Waals surface area contributed by atoms with Crippen molar-refractivity contribution in [1.82, 2.24) is 40.0 Å². The van der Waals surface area contributed by atoms with E-state index >= 15 is 0 Å². The van der Waals surface area contributed by atoms with Gasteiger partial charge in [0.15, 0.2) is 0 Å². The molecule has 1 fully saturated rings. The van der Waals surface area contributed by atoms with Crippen LogP contribution in [0.1, 0.15) is 32.1 Å². The van der Waals surface area contributed by atoms with E-state index in [-0.39, 0.29) is 36.6 Å². The van der Waals surface area contributed by atoms with Gasteiger partial charge in [-0.25, -0.2) is 0 Å². The van der Waals surface area contributed by atoms with E-state index in [0.29, 0.717) is 66.2 Å². The monoisotopic (exact) mass is 652 g/mol. The second-order valence-electron chi connectivity index (χ2n) is 14.2. The second-order valence-corrected chi connectivity index (χ2v) is 14.2. The summed E-state index contributed by atoms with van der Waals surface area (Å²) in [5.74, 6) is -2.37. The first kappa shape index (κ1) is 36.5. The number of nitrogens with one attached hydrogen (secondary N) is 2. The van der Waals surface area contributed by atoms with Gasteiger partial charge in [-0.15, -0.1) is 0 Å². The molecule has 47 heavy (non-hydrogen) atoms. The molecule has 2 atom stereocenters. The Bertz CT molecular complexity index is 1340. The highest BCUT2D eigenvalue weighted by Crippen LogP contribution is 2.47. The van der Waals surface area contributed by atoms with Gasteiger partial charge < -0.3 is 30.2 Å². The topological polar surface area (TPSA) is 112 Å². The van der Waals surface area contributed by atoms with E-state index in [1.165, 1.54) is 9.80 Å². The molecule has 2 bridgehead atoms. The van der Waals surface area contributed by atoms with Gasteiger partial charge in [0.1, 0.15) is 0 Å². The predicted octanol–water partition coefficient (Wildman–Crippen LogP) is 0.721. The zero-order valence-electron chi connectivity index (χ0n) is 29.8. The van der Waals surface area contributed by atoms with Crippen LogP contribution in [0.2, 0.25) is 0 Å². The second kappa shape index (κ2) is 16.2. The summed E-state index contributed by atoms with van der Waals surface area (Å²) in [5, 5.41) is 7.00. The molecule has 2 N–H and O–H groups in total. The summed E-state index contributed by atoms with van der Waals surface area (Å²) in [7, 11) is 15.9. The van der Waals surface area contributed by atoms with Gasteiger partial charge in [0.2, 0.25) is 5.91 Å². The summed E-state index contributed by atoms with van der Waals surface area (Å²) in [4.78, 5) is 68.2. The van der Waals surface area contributed by atoms with Crippen LogP contribution in [0, 0.1) is 11.8 Å². The van der Waals surface area contributed by atoms with Gasteiger partial charge in [0.05, 0.1) is 11.5 Å². The average Bonchev–Trinajstić information content (AvgIpc) is 3.26. The molecule has 0 aromatic carbocycles. The number of nitrogens with zero attached hydrogens (tertiary/aromatic N) is 6. The van der Waals surface area contributed by atoms with Crippen molar-refractivity contribution < 1.29 is 19.2 Å². The average molecular weight is 653 g/mol. The number of rotatable bonds is 18. The molecule has 2 heterocycles. The van der Waals surface area contributed by atoms with E-state index in [0.717, 1.165) is 39.0 Å². The third-order valence-electron chi connectivity index (χ3n) is 9.18. The van der Waals surface area contributed by atoms with E-state index in [1.54, 1.807) is 6.08 Å². The molecule has 0 aromatic heterocycles. The molecule has 2 aliphatic heterocycles. The number of carbonyl (C=O) groups is 4. The smallest absolute Gasteiger partial charge is 0.263 e. The maximum atomic E-state index is 14.3. The van der Waals surface area contributed by atoms with Crippen LogP contribution in [0.25, 0.3) is 0 Å². The molecule has 12 heteroatoms. The van der Waals surface area contributed by atoms with Crippen LogP contribution >= 0.6 is 0 Å². The molecule has 0 aromatic rings. The lowest BCUT2D eigenvalue weighted by Gasteiger charge is -2.37. The van der Waals surface area contributed by atoms with Crippen LogP contribution in [-0.4, -0.2) is 162 Å². The maximum absolute atomic E-state index is 14.3. The number of amides is 4. The van der Waals surface area contributed by atoms with E-state index in [4.69, 9.17) is 0 Å². The quantitative estimate of drug-likeness (QED) is 0.162. The van der Waals surface area contributed by atoms with Crippen LogP contribution in [-0.2, 0) is 19.2 Å². The molecule has 1 saturated heterocycles. The van der Waals surface area contributed by atoms with Crippen molar-refractivity contribution in [1.29, 1.82) is 0 Å². The Labute approximate surface area is 281 Å². The number of piperidine rings is 1. The summed E-state index contributed by atoms with van der Waals surface area (Å²) in [6, 6.07) is 0. The summed E-state index contributed by atoms with van der Waals surface area (Å²) in [6.45, 7) is 4.96. The Morgan fingerprint density at radius 2 is 1.21 bits per heavy atom. The predicted molar refractivity (Wildman–Crippen MR) is 184 cm³/mol. The SMILES string of the molecule is CN(C)CCCNC1=CC2C(=O)N(CCCN(C)C)C(=O)C3=C(NCCCN(C)C)C=C4C(=O)N(CCCN(C)C)C(=O)C1=C4CC32. The zero-order chi connectivity index (χ0) is 34.4. The fraction of sp³-hybridized carbons (Fsp3) is 0.657. The molecule has 2 aliphatic carbocycles. The van der Waals surface area contributed by atoms with E-state index in [2.05, 4.69) is 20.4 Å². The van der Waals surface area contributed by atoms with Gasteiger partial charge in [0, 0.05) is 54.6 Å².